The lowest BCUT2D eigenvalue weighted by atomic mass is 9.96. The van der Waals surface area contributed by atoms with E-state index in [0.29, 0.717) is 24.1 Å². The SMILES string of the molecule is C=CC(=O)N(C)CCc1ccc(-c2ccc(-c3ccc(-c4ccc(CCCCC)cc4)cc3F)cc2F)c(F)c1. The Balaban J connectivity index is 1.49. The maximum atomic E-state index is 15.2. The van der Waals surface area contributed by atoms with Crippen molar-refractivity contribution in [3.8, 4) is 33.4 Å². The Morgan fingerprint density at radius 2 is 1.25 bits per heavy atom. The van der Waals surface area contributed by atoms with Crippen LogP contribution in [0.4, 0.5) is 13.2 Å². The van der Waals surface area contributed by atoms with Crippen LogP contribution < -0.4 is 0 Å². The van der Waals surface area contributed by atoms with Crippen molar-refractivity contribution in [2.75, 3.05) is 13.6 Å². The number of carbonyl (C=O) groups excluding carboxylic acids is 1. The second kappa shape index (κ2) is 13.3. The topological polar surface area (TPSA) is 20.3 Å². The van der Waals surface area contributed by atoms with E-state index in [2.05, 4.69) is 25.6 Å². The van der Waals surface area contributed by atoms with E-state index in [-0.39, 0.29) is 22.6 Å². The number of benzene rings is 4. The number of amides is 1. The van der Waals surface area contributed by atoms with Crippen LogP contribution >= 0.6 is 0 Å². The first-order valence-electron chi connectivity index (χ1n) is 13.7. The molecule has 2 nitrogen and oxygen atoms in total. The molecule has 4 aromatic carbocycles. The third kappa shape index (κ3) is 6.90. The van der Waals surface area contributed by atoms with Crippen molar-refractivity contribution in [2.45, 2.75) is 39.0 Å². The molecular formula is C35H34F3NO. The smallest absolute Gasteiger partial charge is 0.245 e. The monoisotopic (exact) mass is 541 g/mol. The van der Waals surface area contributed by atoms with E-state index in [1.165, 1.54) is 59.7 Å². The molecule has 0 spiro atoms. The summed E-state index contributed by atoms with van der Waals surface area (Å²) in [6.45, 7) is 6.04. The van der Waals surface area contributed by atoms with E-state index < -0.39 is 17.5 Å². The fourth-order valence-corrected chi connectivity index (χ4v) is 4.77. The molecule has 40 heavy (non-hydrogen) atoms. The molecule has 0 aliphatic heterocycles. The summed E-state index contributed by atoms with van der Waals surface area (Å²) in [6.07, 6.45) is 6.25. The average molecular weight is 542 g/mol. The normalized spacial score (nSPS) is 10.9. The number of nitrogens with zero attached hydrogens (tertiary/aromatic N) is 1. The molecule has 0 saturated heterocycles. The van der Waals surface area contributed by atoms with Gasteiger partial charge in [-0.3, -0.25) is 4.79 Å². The van der Waals surface area contributed by atoms with Gasteiger partial charge in [0.15, 0.2) is 0 Å². The van der Waals surface area contributed by atoms with Crippen LogP contribution in [0.15, 0.2) is 91.5 Å². The van der Waals surface area contributed by atoms with Gasteiger partial charge in [0.25, 0.3) is 0 Å². The standard InChI is InChI=1S/C35H34F3NO/c1-4-6-7-8-24-9-12-26(13-10-24)27-14-17-29(33(37)22-27)28-15-18-31(34(38)23-28)30-16-11-25(21-32(30)36)19-20-39(3)35(40)5-2/h5,9-18,21-23H,2,4,6-8,19-20H2,1,3H3. The van der Waals surface area contributed by atoms with E-state index in [9.17, 15) is 9.18 Å². The first-order valence-corrected chi connectivity index (χ1v) is 13.7. The minimum absolute atomic E-state index is 0.0998. The second-order valence-electron chi connectivity index (χ2n) is 10.1. The molecule has 1 amide bonds. The van der Waals surface area contributed by atoms with Gasteiger partial charge in [-0.2, -0.15) is 0 Å². The molecular weight excluding hydrogens is 507 g/mol. The van der Waals surface area contributed by atoms with E-state index in [0.717, 1.165) is 24.0 Å². The molecule has 0 aliphatic carbocycles. The van der Waals surface area contributed by atoms with Gasteiger partial charge in [0, 0.05) is 30.3 Å². The van der Waals surface area contributed by atoms with Crippen LogP contribution in [0.3, 0.4) is 0 Å². The fourth-order valence-electron chi connectivity index (χ4n) is 4.77. The van der Waals surface area contributed by atoms with Crippen molar-refractivity contribution in [1.29, 1.82) is 0 Å². The van der Waals surface area contributed by atoms with E-state index >= 15 is 8.78 Å². The zero-order valence-electron chi connectivity index (χ0n) is 23.0. The molecule has 0 unspecified atom stereocenters. The summed E-state index contributed by atoms with van der Waals surface area (Å²) in [5.74, 6) is -1.86. The number of unbranched alkanes of at least 4 members (excludes halogenated alkanes) is 2. The van der Waals surface area contributed by atoms with Crippen molar-refractivity contribution in [2.24, 2.45) is 0 Å². The molecule has 4 aromatic rings. The summed E-state index contributed by atoms with van der Waals surface area (Å²) in [5.41, 5.74) is 4.51. The molecule has 4 rings (SSSR count). The van der Waals surface area contributed by atoms with E-state index in [1.807, 2.05) is 18.2 Å². The Morgan fingerprint density at radius 3 is 1.88 bits per heavy atom. The minimum atomic E-state index is -0.636. The van der Waals surface area contributed by atoms with Gasteiger partial charge in [-0.15, -0.1) is 0 Å². The highest BCUT2D eigenvalue weighted by atomic mass is 19.1. The van der Waals surface area contributed by atoms with Crippen LogP contribution in [0.25, 0.3) is 33.4 Å². The molecule has 0 N–H and O–H groups in total. The first kappa shape index (κ1) is 28.9. The maximum Gasteiger partial charge on any atom is 0.245 e. The molecule has 0 aromatic heterocycles. The van der Waals surface area contributed by atoms with E-state index in [4.69, 9.17) is 0 Å². The average Bonchev–Trinajstić information content (AvgIpc) is 2.96. The van der Waals surface area contributed by atoms with Crippen molar-refractivity contribution in [1.82, 2.24) is 4.90 Å². The highest BCUT2D eigenvalue weighted by molar-refractivity contribution is 5.86. The Labute approximate surface area is 234 Å². The molecule has 0 saturated carbocycles. The van der Waals surface area contributed by atoms with Gasteiger partial charge in [-0.25, -0.2) is 13.2 Å². The molecule has 0 radical (unpaired) electrons. The lowest BCUT2D eigenvalue weighted by molar-refractivity contribution is -0.124. The Bertz CT molecular complexity index is 1490. The quantitative estimate of drug-likeness (QED) is 0.137. The predicted octanol–water partition coefficient (Wildman–Crippen LogP) is 9.02. The summed E-state index contributed by atoms with van der Waals surface area (Å²) in [4.78, 5) is 13.1. The summed E-state index contributed by atoms with van der Waals surface area (Å²) in [7, 11) is 1.65. The third-order valence-electron chi connectivity index (χ3n) is 7.22. The van der Waals surface area contributed by atoms with Crippen LogP contribution in [-0.2, 0) is 17.6 Å². The molecule has 5 heteroatoms. The van der Waals surface area contributed by atoms with Crippen LogP contribution in [-0.4, -0.2) is 24.4 Å². The van der Waals surface area contributed by atoms with Gasteiger partial charge in [0.2, 0.25) is 5.91 Å². The van der Waals surface area contributed by atoms with Crippen molar-refractivity contribution < 1.29 is 18.0 Å². The molecule has 0 fully saturated rings. The lowest BCUT2D eigenvalue weighted by Crippen LogP contribution is -2.26. The van der Waals surface area contributed by atoms with Gasteiger partial charge in [-0.1, -0.05) is 87.0 Å². The van der Waals surface area contributed by atoms with Gasteiger partial charge in [0.05, 0.1) is 0 Å². The summed E-state index contributed by atoms with van der Waals surface area (Å²) < 4.78 is 45.3. The van der Waals surface area contributed by atoms with Gasteiger partial charge >= 0.3 is 0 Å². The zero-order chi connectivity index (χ0) is 28.6. The van der Waals surface area contributed by atoms with Gasteiger partial charge < -0.3 is 4.90 Å². The van der Waals surface area contributed by atoms with E-state index in [1.54, 1.807) is 25.2 Å². The molecule has 0 aliphatic rings. The Morgan fingerprint density at radius 1 is 0.700 bits per heavy atom. The molecule has 0 heterocycles. The molecule has 0 atom stereocenters. The lowest BCUT2D eigenvalue weighted by Gasteiger charge is -2.15. The third-order valence-corrected chi connectivity index (χ3v) is 7.22. The van der Waals surface area contributed by atoms with Crippen molar-refractivity contribution >= 4 is 5.91 Å². The van der Waals surface area contributed by atoms with Gasteiger partial charge in [0.1, 0.15) is 17.5 Å². The number of carbonyl (C=O) groups is 1. The van der Waals surface area contributed by atoms with Crippen LogP contribution in [0.2, 0.25) is 0 Å². The number of halogens is 3. The second-order valence-corrected chi connectivity index (χ2v) is 10.1. The van der Waals surface area contributed by atoms with Crippen LogP contribution in [0.1, 0.15) is 37.3 Å². The Kier molecular flexibility index (Phi) is 9.60. The highest BCUT2D eigenvalue weighted by Crippen LogP contribution is 2.33. The van der Waals surface area contributed by atoms with Crippen LogP contribution in [0, 0.1) is 17.5 Å². The maximum absolute atomic E-state index is 15.2. The van der Waals surface area contributed by atoms with Crippen LogP contribution in [0.5, 0.6) is 0 Å². The molecule has 206 valence electrons. The number of likely N-dealkylation sites (N-methyl/N-ethyl adjacent to an activating group) is 1. The number of rotatable bonds is 11. The zero-order valence-corrected chi connectivity index (χ0v) is 23.0. The number of hydrogen-bond donors (Lipinski definition) is 0. The minimum Gasteiger partial charge on any atom is -0.342 e. The summed E-state index contributed by atoms with van der Waals surface area (Å²) in [6, 6.07) is 22.0. The highest BCUT2D eigenvalue weighted by Gasteiger charge is 2.15. The number of hydrogen-bond acceptors (Lipinski definition) is 1. The molecule has 0 bridgehead atoms. The first-order chi connectivity index (χ1) is 19.3. The largest absolute Gasteiger partial charge is 0.342 e. The van der Waals surface area contributed by atoms with Crippen molar-refractivity contribution in [3.63, 3.8) is 0 Å². The predicted molar refractivity (Wildman–Crippen MR) is 157 cm³/mol. The summed E-state index contributed by atoms with van der Waals surface area (Å²) >= 11 is 0. The number of aryl methyl sites for hydroxylation is 1. The van der Waals surface area contributed by atoms with Crippen molar-refractivity contribution in [3.05, 3.63) is 120 Å². The fraction of sp³-hybridized carbons (Fsp3) is 0.229. The van der Waals surface area contributed by atoms with Gasteiger partial charge in [-0.05, 0) is 71.4 Å². The summed E-state index contributed by atoms with van der Waals surface area (Å²) in [5, 5.41) is 0. The Hall–Kier alpha value is -4.12.